The molecule has 0 amide bonds. The van der Waals surface area contributed by atoms with Crippen LogP contribution in [-0.4, -0.2) is 5.78 Å². The van der Waals surface area contributed by atoms with Crippen LogP contribution >= 0.6 is 0 Å². The van der Waals surface area contributed by atoms with Gasteiger partial charge in [0.1, 0.15) is 11.6 Å². The number of halogens is 1. The fraction of sp³-hybridized carbons (Fsp3) is 0.0833. The molecular formula is C12H9FO2. The molecule has 0 saturated heterocycles. The van der Waals surface area contributed by atoms with E-state index in [9.17, 15) is 9.18 Å². The average molecular weight is 204 g/mol. The van der Waals surface area contributed by atoms with E-state index in [-0.39, 0.29) is 11.5 Å². The van der Waals surface area contributed by atoms with Crippen molar-refractivity contribution in [2.75, 3.05) is 0 Å². The lowest BCUT2D eigenvalue weighted by Gasteiger charge is -1.97. The summed E-state index contributed by atoms with van der Waals surface area (Å²) in [6, 6.07) is 8.83. The SMILES string of the molecule is Cc1ccc(C(=O)c2cccc(F)c2)o1. The molecule has 3 heteroatoms. The smallest absolute Gasteiger partial charge is 0.228 e. The highest BCUT2D eigenvalue weighted by Gasteiger charge is 2.12. The Labute approximate surface area is 86.3 Å². The topological polar surface area (TPSA) is 30.2 Å². The van der Waals surface area contributed by atoms with Gasteiger partial charge in [0, 0.05) is 5.56 Å². The van der Waals surface area contributed by atoms with Crippen LogP contribution in [0.3, 0.4) is 0 Å². The van der Waals surface area contributed by atoms with E-state index in [0.717, 1.165) is 0 Å². The van der Waals surface area contributed by atoms with E-state index in [2.05, 4.69) is 0 Å². The maximum atomic E-state index is 12.9. The van der Waals surface area contributed by atoms with Crippen LogP contribution in [0.25, 0.3) is 0 Å². The van der Waals surface area contributed by atoms with Crippen molar-refractivity contribution >= 4 is 5.78 Å². The van der Waals surface area contributed by atoms with E-state index in [1.165, 1.54) is 18.2 Å². The van der Waals surface area contributed by atoms with Gasteiger partial charge < -0.3 is 4.42 Å². The molecule has 76 valence electrons. The fourth-order valence-electron chi connectivity index (χ4n) is 1.33. The van der Waals surface area contributed by atoms with Crippen LogP contribution in [0, 0.1) is 12.7 Å². The van der Waals surface area contributed by atoms with Crippen LogP contribution in [0.2, 0.25) is 0 Å². The van der Waals surface area contributed by atoms with Gasteiger partial charge in [-0.3, -0.25) is 4.79 Å². The molecule has 0 fully saturated rings. The summed E-state index contributed by atoms with van der Waals surface area (Å²) < 4.78 is 18.0. The summed E-state index contributed by atoms with van der Waals surface area (Å²) in [5, 5.41) is 0. The van der Waals surface area contributed by atoms with Crippen molar-refractivity contribution in [1.82, 2.24) is 0 Å². The Morgan fingerprint density at radius 1 is 1.27 bits per heavy atom. The van der Waals surface area contributed by atoms with Crippen LogP contribution < -0.4 is 0 Å². The minimum atomic E-state index is -0.427. The molecule has 1 aromatic heterocycles. The summed E-state index contributed by atoms with van der Waals surface area (Å²) in [6.07, 6.45) is 0. The molecule has 0 saturated carbocycles. The maximum absolute atomic E-state index is 12.9. The number of carbonyl (C=O) groups is 1. The molecule has 0 atom stereocenters. The van der Waals surface area contributed by atoms with Gasteiger partial charge in [0.25, 0.3) is 0 Å². The van der Waals surface area contributed by atoms with Crippen molar-refractivity contribution in [2.45, 2.75) is 6.92 Å². The van der Waals surface area contributed by atoms with Crippen molar-refractivity contribution in [3.8, 4) is 0 Å². The lowest BCUT2D eigenvalue weighted by atomic mass is 10.1. The van der Waals surface area contributed by atoms with E-state index in [0.29, 0.717) is 11.3 Å². The minimum absolute atomic E-state index is 0.234. The lowest BCUT2D eigenvalue weighted by Crippen LogP contribution is -1.99. The second-order valence-corrected chi connectivity index (χ2v) is 3.25. The molecule has 0 aliphatic heterocycles. The molecule has 0 N–H and O–H groups in total. The number of furan rings is 1. The van der Waals surface area contributed by atoms with Crippen molar-refractivity contribution in [2.24, 2.45) is 0 Å². The molecule has 1 aromatic carbocycles. The first-order valence-corrected chi connectivity index (χ1v) is 4.53. The predicted octanol–water partition coefficient (Wildman–Crippen LogP) is 2.96. The third kappa shape index (κ3) is 1.96. The zero-order valence-corrected chi connectivity index (χ0v) is 8.16. The van der Waals surface area contributed by atoms with Gasteiger partial charge in [0.15, 0.2) is 5.76 Å². The van der Waals surface area contributed by atoms with Gasteiger partial charge >= 0.3 is 0 Å². The largest absolute Gasteiger partial charge is 0.458 e. The second-order valence-electron chi connectivity index (χ2n) is 3.25. The number of carbonyl (C=O) groups excluding carboxylic acids is 1. The number of hydrogen-bond acceptors (Lipinski definition) is 2. The zero-order chi connectivity index (χ0) is 10.8. The van der Waals surface area contributed by atoms with Gasteiger partial charge in [-0.25, -0.2) is 4.39 Å². The molecule has 15 heavy (non-hydrogen) atoms. The summed E-state index contributed by atoms with van der Waals surface area (Å²) in [7, 11) is 0. The Hall–Kier alpha value is -1.90. The molecule has 1 heterocycles. The minimum Gasteiger partial charge on any atom is -0.458 e. The zero-order valence-electron chi connectivity index (χ0n) is 8.16. The molecule has 2 nitrogen and oxygen atoms in total. The van der Waals surface area contributed by atoms with Gasteiger partial charge in [-0.15, -0.1) is 0 Å². The average Bonchev–Trinajstić information content (AvgIpc) is 2.64. The summed E-state index contributed by atoms with van der Waals surface area (Å²) in [5.74, 6) is 0.166. The number of hydrogen-bond donors (Lipinski definition) is 0. The van der Waals surface area contributed by atoms with Crippen LogP contribution in [-0.2, 0) is 0 Å². The molecule has 0 unspecified atom stereocenters. The molecule has 0 spiro atoms. The number of benzene rings is 1. The summed E-state index contributed by atoms with van der Waals surface area (Å²) in [4.78, 5) is 11.8. The first-order valence-electron chi connectivity index (χ1n) is 4.53. The summed E-state index contributed by atoms with van der Waals surface area (Å²) in [6.45, 7) is 1.75. The van der Waals surface area contributed by atoms with Gasteiger partial charge in [0.2, 0.25) is 5.78 Å². The highest BCUT2D eigenvalue weighted by Crippen LogP contribution is 2.13. The number of rotatable bonds is 2. The molecular weight excluding hydrogens is 195 g/mol. The van der Waals surface area contributed by atoms with Gasteiger partial charge in [0.05, 0.1) is 0 Å². The Balaban J connectivity index is 2.36. The maximum Gasteiger partial charge on any atom is 0.228 e. The third-order valence-electron chi connectivity index (χ3n) is 2.05. The standard InChI is InChI=1S/C12H9FO2/c1-8-5-6-11(15-8)12(14)9-3-2-4-10(13)7-9/h2-7H,1H3. The van der Waals surface area contributed by atoms with Crippen LogP contribution in [0.15, 0.2) is 40.8 Å². The quantitative estimate of drug-likeness (QED) is 0.704. The van der Waals surface area contributed by atoms with E-state index in [1.807, 2.05) is 0 Å². The Morgan fingerprint density at radius 2 is 2.07 bits per heavy atom. The van der Waals surface area contributed by atoms with Crippen LogP contribution in [0.4, 0.5) is 4.39 Å². The van der Waals surface area contributed by atoms with Crippen molar-refractivity contribution < 1.29 is 13.6 Å². The van der Waals surface area contributed by atoms with Crippen molar-refractivity contribution in [3.63, 3.8) is 0 Å². The Morgan fingerprint density at radius 3 is 2.67 bits per heavy atom. The second kappa shape index (κ2) is 3.69. The van der Waals surface area contributed by atoms with E-state index in [4.69, 9.17) is 4.42 Å². The number of aryl methyl sites for hydroxylation is 1. The molecule has 0 aliphatic rings. The van der Waals surface area contributed by atoms with Crippen molar-refractivity contribution in [3.05, 3.63) is 59.3 Å². The van der Waals surface area contributed by atoms with E-state index >= 15 is 0 Å². The lowest BCUT2D eigenvalue weighted by molar-refractivity contribution is 0.101. The highest BCUT2D eigenvalue weighted by molar-refractivity contribution is 6.07. The van der Waals surface area contributed by atoms with E-state index in [1.54, 1.807) is 25.1 Å². The van der Waals surface area contributed by atoms with Crippen LogP contribution in [0.1, 0.15) is 21.9 Å². The predicted molar refractivity (Wildman–Crippen MR) is 53.3 cm³/mol. The first-order chi connectivity index (χ1) is 7.16. The molecule has 0 bridgehead atoms. The first kappa shape index (κ1) is 9.65. The van der Waals surface area contributed by atoms with Gasteiger partial charge in [-0.2, -0.15) is 0 Å². The van der Waals surface area contributed by atoms with Gasteiger partial charge in [-0.1, -0.05) is 12.1 Å². The normalized spacial score (nSPS) is 10.3. The molecule has 2 rings (SSSR count). The Kier molecular flexibility index (Phi) is 2.37. The fourth-order valence-corrected chi connectivity index (χ4v) is 1.33. The summed E-state index contributed by atoms with van der Waals surface area (Å²) >= 11 is 0. The monoisotopic (exact) mass is 204 g/mol. The molecule has 0 radical (unpaired) electrons. The highest BCUT2D eigenvalue weighted by atomic mass is 19.1. The Bertz CT molecular complexity index is 500. The summed E-state index contributed by atoms with van der Waals surface area (Å²) in [5.41, 5.74) is 0.296. The molecule has 0 aliphatic carbocycles. The third-order valence-corrected chi connectivity index (χ3v) is 2.05. The molecule has 2 aromatic rings. The van der Waals surface area contributed by atoms with E-state index < -0.39 is 5.82 Å². The number of ketones is 1. The van der Waals surface area contributed by atoms with Crippen molar-refractivity contribution in [1.29, 1.82) is 0 Å². The van der Waals surface area contributed by atoms with Crippen LogP contribution in [0.5, 0.6) is 0 Å². The van der Waals surface area contributed by atoms with Gasteiger partial charge in [-0.05, 0) is 31.2 Å².